The molecule has 0 bridgehead atoms. The monoisotopic (exact) mass is 269 g/mol. The van der Waals surface area contributed by atoms with E-state index >= 15 is 0 Å². The number of carbonyl (C=O) groups is 2. The van der Waals surface area contributed by atoms with Gasteiger partial charge in [-0.1, -0.05) is 0 Å². The van der Waals surface area contributed by atoms with Crippen LogP contribution in [0.4, 0.5) is 0 Å². The minimum absolute atomic E-state index is 0.140. The molecule has 0 aromatic rings. The van der Waals surface area contributed by atoms with Crippen molar-refractivity contribution in [1.29, 1.82) is 0 Å². The zero-order valence-corrected chi connectivity index (χ0v) is 11.6. The molecule has 2 saturated heterocycles. The van der Waals surface area contributed by atoms with Gasteiger partial charge in [-0.2, -0.15) is 0 Å². The molecule has 2 aliphatic rings. The van der Waals surface area contributed by atoms with Crippen LogP contribution in [0.5, 0.6) is 0 Å². The van der Waals surface area contributed by atoms with Crippen LogP contribution in [-0.4, -0.2) is 74.6 Å². The molecule has 2 fully saturated rings. The number of ether oxygens (including phenoxy) is 1. The zero-order valence-electron chi connectivity index (χ0n) is 11.6. The van der Waals surface area contributed by atoms with Crippen molar-refractivity contribution in [1.82, 2.24) is 15.1 Å². The van der Waals surface area contributed by atoms with Gasteiger partial charge in [-0.05, 0) is 19.4 Å². The third-order valence-electron chi connectivity index (χ3n) is 3.91. The second-order valence-electron chi connectivity index (χ2n) is 5.22. The summed E-state index contributed by atoms with van der Waals surface area (Å²) in [5.74, 6) is 0.196. The van der Waals surface area contributed by atoms with Gasteiger partial charge in [0.25, 0.3) is 0 Å². The molecule has 0 radical (unpaired) electrons. The fourth-order valence-electron chi connectivity index (χ4n) is 2.69. The quantitative estimate of drug-likeness (QED) is 0.687. The van der Waals surface area contributed by atoms with Gasteiger partial charge < -0.3 is 15.0 Å². The SMILES string of the molecule is COC(=O)CN1CCN(C(=O)C2CCCNC2)CC1. The molecule has 1 N–H and O–H groups in total. The molecular weight excluding hydrogens is 246 g/mol. The molecule has 1 atom stereocenters. The first-order valence-electron chi connectivity index (χ1n) is 6.99. The van der Waals surface area contributed by atoms with Crippen molar-refractivity contribution in [3.63, 3.8) is 0 Å². The van der Waals surface area contributed by atoms with Crippen molar-refractivity contribution < 1.29 is 14.3 Å². The summed E-state index contributed by atoms with van der Waals surface area (Å²) >= 11 is 0. The van der Waals surface area contributed by atoms with Gasteiger partial charge in [0, 0.05) is 32.7 Å². The number of nitrogens with zero attached hydrogens (tertiary/aromatic N) is 2. The second kappa shape index (κ2) is 6.86. The smallest absolute Gasteiger partial charge is 0.319 e. The van der Waals surface area contributed by atoms with Crippen LogP contribution in [0, 0.1) is 5.92 Å². The minimum Gasteiger partial charge on any atom is -0.468 e. The van der Waals surface area contributed by atoms with Crippen molar-refractivity contribution >= 4 is 11.9 Å². The standard InChI is InChI=1S/C13H23N3O3/c1-19-12(17)10-15-5-7-16(8-6-15)13(18)11-3-2-4-14-9-11/h11,14H,2-10H2,1H3. The maximum atomic E-state index is 12.3. The summed E-state index contributed by atoms with van der Waals surface area (Å²) in [6, 6.07) is 0. The predicted octanol–water partition coefficient (Wildman–Crippen LogP) is -0.697. The Bertz CT molecular complexity index is 321. The van der Waals surface area contributed by atoms with Crippen molar-refractivity contribution in [2.45, 2.75) is 12.8 Å². The Morgan fingerprint density at radius 3 is 2.58 bits per heavy atom. The van der Waals surface area contributed by atoms with E-state index in [2.05, 4.69) is 10.1 Å². The Kier molecular flexibility index (Phi) is 5.15. The molecule has 0 spiro atoms. The van der Waals surface area contributed by atoms with Gasteiger partial charge in [-0.3, -0.25) is 14.5 Å². The summed E-state index contributed by atoms with van der Waals surface area (Å²) in [6.45, 7) is 5.09. The Morgan fingerprint density at radius 1 is 1.26 bits per heavy atom. The highest BCUT2D eigenvalue weighted by Crippen LogP contribution is 2.15. The van der Waals surface area contributed by atoms with Crippen molar-refractivity contribution in [3.8, 4) is 0 Å². The molecule has 2 rings (SSSR count). The first kappa shape index (κ1) is 14.3. The van der Waals surface area contributed by atoms with E-state index < -0.39 is 0 Å². The lowest BCUT2D eigenvalue weighted by Crippen LogP contribution is -2.52. The molecule has 1 amide bonds. The first-order chi connectivity index (χ1) is 9.20. The molecule has 0 aromatic carbocycles. The van der Waals surface area contributed by atoms with E-state index in [0.29, 0.717) is 19.6 Å². The maximum Gasteiger partial charge on any atom is 0.319 e. The molecular formula is C13H23N3O3. The fraction of sp³-hybridized carbons (Fsp3) is 0.846. The average Bonchev–Trinajstić information content (AvgIpc) is 2.48. The summed E-state index contributed by atoms with van der Waals surface area (Å²) in [4.78, 5) is 27.5. The lowest BCUT2D eigenvalue weighted by Gasteiger charge is -2.36. The van der Waals surface area contributed by atoms with E-state index in [-0.39, 0.29) is 17.8 Å². The lowest BCUT2D eigenvalue weighted by atomic mass is 9.98. The van der Waals surface area contributed by atoms with Gasteiger partial charge >= 0.3 is 5.97 Å². The zero-order chi connectivity index (χ0) is 13.7. The molecule has 2 aliphatic heterocycles. The largest absolute Gasteiger partial charge is 0.468 e. The van der Waals surface area contributed by atoms with E-state index in [1.165, 1.54) is 7.11 Å². The number of hydrogen-bond donors (Lipinski definition) is 1. The maximum absolute atomic E-state index is 12.3. The summed E-state index contributed by atoms with van der Waals surface area (Å²) in [5, 5.41) is 3.28. The Labute approximate surface area is 114 Å². The van der Waals surface area contributed by atoms with Crippen LogP contribution in [-0.2, 0) is 14.3 Å². The van der Waals surface area contributed by atoms with Crippen molar-refractivity contribution in [3.05, 3.63) is 0 Å². The summed E-state index contributed by atoms with van der Waals surface area (Å²) in [5.41, 5.74) is 0. The number of carbonyl (C=O) groups excluding carboxylic acids is 2. The lowest BCUT2D eigenvalue weighted by molar-refractivity contribution is -0.143. The average molecular weight is 269 g/mol. The van der Waals surface area contributed by atoms with Gasteiger partial charge in [-0.25, -0.2) is 0 Å². The van der Waals surface area contributed by atoms with Crippen molar-refractivity contribution in [2.75, 3.05) is 52.9 Å². The van der Waals surface area contributed by atoms with Crippen LogP contribution in [0.3, 0.4) is 0 Å². The highest BCUT2D eigenvalue weighted by molar-refractivity contribution is 5.79. The van der Waals surface area contributed by atoms with E-state index in [1.807, 2.05) is 9.80 Å². The molecule has 6 heteroatoms. The molecule has 108 valence electrons. The van der Waals surface area contributed by atoms with Crippen LogP contribution >= 0.6 is 0 Å². The number of piperazine rings is 1. The molecule has 6 nitrogen and oxygen atoms in total. The third-order valence-corrected chi connectivity index (χ3v) is 3.91. The normalized spacial score (nSPS) is 25.1. The van der Waals surface area contributed by atoms with E-state index in [1.54, 1.807) is 0 Å². The van der Waals surface area contributed by atoms with Crippen LogP contribution < -0.4 is 5.32 Å². The molecule has 19 heavy (non-hydrogen) atoms. The molecule has 0 aromatic heterocycles. The number of hydrogen-bond acceptors (Lipinski definition) is 5. The van der Waals surface area contributed by atoms with E-state index in [4.69, 9.17) is 0 Å². The topological polar surface area (TPSA) is 61.9 Å². The van der Waals surface area contributed by atoms with E-state index in [0.717, 1.165) is 39.0 Å². The van der Waals surface area contributed by atoms with Gasteiger partial charge in [-0.15, -0.1) is 0 Å². The molecule has 0 saturated carbocycles. The van der Waals surface area contributed by atoms with E-state index in [9.17, 15) is 9.59 Å². The van der Waals surface area contributed by atoms with Gasteiger partial charge in [0.1, 0.15) is 0 Å². The van der Waals surface area contributed by atoms with Crippen LogP contribution in [0.2, 0.25) is 0 Å². The van der Waals surface area contributed by atoms with Crippen LogP contribution in [0.1, 0.15) is 12.8 Å². The summed E-state index contributed by atoms with van der Waals surface area (Å²) in [6.07, 6.45) is 2.08. The Morgan fingerprint density at radius 2 is 2.00 bits per heavy atom. The third kappa shape index (κ3) is 3.91. The summed E-state index contributed by atoms with van der Waals surface area (Å²) < 4.78 is 4.65. The van der Waals surface area contributed by atoms with Gasteiger partial charge in [0.2, 0.25) is 5.91 Å². The summed E-state index contributed by atoms with van der Waals surface area (Å²) in [7, 11) is 1.40. The number of methoxy groups -OCH3 is 1. The molecule has 1 unspecified atom stereocenters. The van der Waals surface area contributed by atoms with Crippen molar-refractivity contribution in [2.24, 2.45) is 5.92 Å². The number of amides is 1. The van der Waals surface area contributed by atoms with Crippen LogP contribution in [0.25, 0.3) is 0 Å². The number of esters is 1. The minimum atomic E-state index is -0.212. The predicted molar refractivity (Wildman–Crippen MR) is 70.6 cm³/mol. The molecule has 2 heterocycles. The second-order valence-corrected chi connectivity index (χ2v) is 5.22. The first-order valence-corrected chi connectivity index (χ1v) is 6.99. The van der Waals surface area contributed by atoms with Gasteiger partial charge in [0.05, 0.1) is 19.6 Å². The number of piperidine rings is 1. The van der Waals surface area contributed by atoms with Gasteiger partial charge in [0.15, 0.2) is 0 Å². The Hall–Kier alpha value is -1.14. The fourth-order valence-corrected chi connectivity index (χ4v) is 2.69. The highest BCUT2D eigenvalue weighted by Gasteiger charge is 2.28. The number of nitrogens with one attached hydrogen (secondary N) is 1. The highest BCUT2D eigenvalue weighted by atomic mass is 16.5. The number of rotatable bonds is 3. The van der Waals surface area contributed by atoms with Crippen LogP contribution in [0.15, 0.2) is 0 Å². The Balaban J connectivity index is 1.76. The molecule has 0 aliphatic carbocycles.